The molecule has 6 aromatic carbocycles. The van der Waals surface area contributed by atoms with Gasteiger partial charge in [-0.2, -0.15) is 27.1 Å². The molecule has 0 saturated carbocycles. The van der Waals surface area contributed by atoms with Crippen LogP contribution < -0.4 is 39.1 Å². The molecule has 2 amide bonds. The third-order valence-electron chi connectivity index (χ3n) is 9.21. The predicted octanol–water partition coefficient (Wildman–Crippen LogP) is 7.36. The summed E-state index contributed by atoms with van der Waals surface area (Å²) in [4.78, 5) is 24.4. The number of carbonyl (C=O) groups excluding carboxylic acids is 2. The largest absolute Gasteiger partial charge is 0.505 e. The maximum atomic E-state index is 13.0. The summed E-state index contributed by atoms with van der Waals surface area (Å²) >= 11 is 0. The van der Waals surface area contributed by atoms with Crippen molar-refractivity contribution in [3.05, 3.63) is 72.8 Å². The highest BCUT2D eigenvalue weighted by molar-refractivity contribution is 7.86. The summed E-state index contributed by atoms with van der Waals surface area (Å²) in [6.45, 7) is 0. The normalized spacial score (nSPS) is 11.8. The number of rotatable bonds is 14. The minimum atomic E-state index is -5.05. The minimum absolute atomic E-state index is 0.0126. The Balaban J connectivity index is 1.26. The van der Waals surface area contributed by atoms with E-state index < -0.39 is 64.7 Å². The lowest BCUT2D eigenvalue weighted by Gasteiger charge is -2.13. The smallest absolute Gasteiger partial charge is 0.314 e. The van der Waals surface area contributed by atoms with Crippen molar-refractivity contribution < 1.29 is 74.2 Å². The van der Waals surface area contributed by atoms with E-state index in [4.69, 9.17) is 28.4 Å². The van der Waals surface area contributed by atoms with E-state index in [2.05, 4.69) is 31.1 Å². The summed E-state index contributed by atoms with van der Waals surface area (Å²) in [5.41, 5.74) is -1.15. The second-order valence-corrected chi connectivity index (χ2v) is 15.8. The Bertz CT molecular complexity index is 2900. The van der Waals surface area contributed by atoms with E-state index in [1.54, 1.807) is 0 Å². The molecule has 0 saturated heterocycles. The van der Waals surface area contributed by atoms with Gasteiger partial charge in [-0.3, -0.25) is 18.7 Å². The van der Waals surface area contributed by atoms with E-state index in [0.717, 1.165) is 12.1 Å². The summed E-state index contributed by atoms with van der Waals surface area (Å²) in [5.74, 6) is -2.56. The Morgan fingerprint density at radius 3 is 1.09 bits per heavy atom. The average Bonchev–Trinajstić information content (AvgIpc) is 3.26. The fourth-order valence-electron chi connectivity index (χ4n) is 6.29. The Kier molecular flexibility index (Phi) is 13.1. The topological polar surface area (TPSA) is 312 Å². The van der Waals surface area contributed by atoms with Crippen molar-refractivity contribution in [2.75, 3.05) is 53.3 Å². The van der Waals surface area contributed by atoms with Crippen LogP contribution >= 0.6 is 0 Å². The van der Waals surface area contributed by atoms with Gasteiger partial charge in [0, 0.05) is 46.4 Å². The molecule has 22 nitrogen and oxygen atoms in total. The van der Waals surface area contributed by atoms with Crippen LogP contribution in [0.2, 0.25) is 0 Å². The second-order valence-electron chi connectivity index (χ2n) is 13.0. The molecule has 0 aliphatic heterocycles. The predicted molar refractivity (Wildman–Crippen MR) is 229 cm³/mol. The number of nitrogens with one attached hydrogen (secondary N) is 2. The van der Waals surface area contributed by atoms with Crippen LogP contribution in [0, 0.1) is 0 Å². The van der Waals surface area contributed by atoms with E-state index in [1.807, 2.05) is 0 Å². The van der Waals surface area contributed by atoms with Crippen LogP contribution in [0.5, 0.6) is 46.0 Å². The van der Waals surface area contributed by atoms with Crippen LogP contribution in [0.15, 0.2) is 103 Å². The first kappa shape index (κ1) is 45.7. The SMILES string of the molecule is COc1cc(N=Nc2c(S(=O)(=O)O)cc3cc(NC(=O)C(=O)Nc4ccc5c(O)c(N=Nc6cc(OC)c(OC)c(OC)c6)c(S(=O)(=O)O)cc5c4)ccc3c2O)cc(OC)c1OC. The summed E-state index contributed by atoms with van der Waals surface area (Å²) < 4.78 is 102. The number of methoxy groups -OCH3 is 6. The van der Waals surface area contributed by atoms with Gasteiger partial charge in [-0.15, -0.1) is 10.2 Å². The molecule has 64 heavy (non-hydrogen) atoms. The van der Waals surface area contributed by atoms with Crippen LogP contribution in [-0.4, -0.2) is 90.6 Å². The number of benzene rings is 6. The summed E-state index contributed by atoms with van der Waals surface area (Å²) in [6, 6.07) is 15.1. The van der Waals surface area contributed by atoms with Gasteiger partial charge >= 0.3 is 11.8 Å². The lowest BCUT2D eigenvalue weighted by Crippen LogP contribution is -2.29. The molecule has 0 bridgehead atoms. The Labute approximate surface area is 363 Å². The summed E-state index contributed by atoms with van der Waals surface area (Å²) in [6.07, 6.45) is 0. The zero-order valence-corrected chi connectivity index (χ0v) is 35.9. The number of hydrogen-bond acceptors (Lipinski definition) is 18. The molecule has 0 fully saturated rings. The standard InChI is InChI=1S/C40H36N6O16S2/c1-57-27-15-23(16-28(58-2)37(27)61-5)43-45-33-31(63(51,52)53)13-19-11-21(7-9-25(19)35(33)47)41-39(49)40(50)42-22-8-10-26-20(12-22)14-32(64(54,55)56)34(36(26)48)46-44-24-17-29(59-3)38(62-6)30(18-24)60-4/h7-18,47-48H,1-6H3,(H,41,49)(H,42,50)(H,51,52,53)(H,54,55,56). The van der Waals surface area contributed by atoms with Crippen molar-refractivity contribution >= 4 is 87.7 Å². The molecular weight excluding hydrogens is 885 g/mol. The number of aromatic hydroxyl groups is 2. The third-order valence-corrected chi connectivity index (χ3v) is 10.9. The quantitative estimate of drug-likeness (QED) is 0.0353. The van der Waals surface area contributed by atoms with Crippen molar-refractivity contribution in [3.63, 3.8) is 0 Å². The monoisotopic (exact) mass is 920 g/mol. The van der Waals surface area contributed by atoms with Crippen LogP contribution in [0.25, 0.3) is 21.5 Å². The molecule has 0 aromatic heterocycles. The number of anilines is 2. The van der Waals surface area contributed by atoms with Gasteiger partial charge in [0.1, 0.15) is 21.2 Å². The second kappa shape index (κ2) is 18.3. The highest BCUT2D eigenvalue weighted by Gasteiger charge is 2.25. The third kappa shape index (κ3) is 9.33. The first-order valence-electron chi connectivity index (χ1n) is 18.0. The number of azo groups is 2. The first-order valence-corrected chi connectivity index (χ1v) is 20.8. The van der Waals surface area contributed by atoms with Crippen molar-refractivity contribution in [2.45, 2.75) is 9.79 Å². The maximum Gasteiger partial charge on any atom is 0.314 e. The molecule has 0 spiro atoms. The Morgan fingerprint density at radius 1 is 0.484 bits per heavy atom. The molecule has 0 aliphatic carbocycles. The van der Waals surface area contributed by atoms with E-state index in [9.17, 15) is 45.7 Å². The van der Waals surface area contributed by atoms with E-state index in [1.165, 1.54) is 103 Å². The Morgan fingerprint density at radius 2 is 0.812 bits per heavy atom. The van der Waals surface area contributed by atoms with E-state index >= 15 is 0 Å². The van der Waals surface area contributed by atoms with Gasteiger partial charge < -0.3 is 49.3 Å². The average molecular weight is 921 g/mol. The molecule has 334 valence electrons. The van der Waals surface area contributed by atoms with Crippen molar-refractivity contribution in [1.82, 2.24) is 0 Å². The number of phenols is 2. The van der Waals surface area contributed by atoms with Gasteiger partial charge in [0.15, 0.2) is 34.5 Å². The van der Waals surface area contributed by atoms with Crippen molar-refractivity contribution in [1.29, 1.82) is 0 Å². The van der Waals surface area contributed by atoms with Gasteiger partial charge in [-0.1, -0.05) is 0 Å². The molecule has 6 aromatic rings. The number of nitrogens with zero attached hydrogens (tertiary/aromatic N) is 4. The number of carbonyl (C=O) groups is 2. The van der Waals surface area contributed by atoms with Gasteiger partial charge in [0.25, 0.3) is 20.2 Å². The number of amides is 2. The van der Waals surface area contributed by atoms with Crippen molar-refractivity contribution in [2.24, 2.45) is 20.5 Å². The van der Waals surface area contributed by atoms with E-state index in [0.29, 0.717) is 0 Å². The lowest BCUT2D eigenvalue weighted by molar-refractivity contribution is -0.132. The van der Waals surface area contributed by atoms with Crippen LogP contribution in [0.4, 0.5) is 34.1 Å². The fraction of sp³-hybridized carbons (Fsp3) is 0.150. The number of fused-ring (bicyclic) bond motifs is 2. The molecular formula is C40H36N6O16S2. The highest BCUT2D eigenvalue weighted by Crippen LogP contribution is 2.46. The van der Waals surface area contributed by atoms with Gasteiger partial charge in [-0.05, 0) is 59.3 Å². The van der Waals surface area contributed by atoms with Crippen LogP contribution in [0.1, 0.15) is 0 Å². The van der Waals surface area contributed by atoms with Gasteiger partial charge in [0.05, 0.1) is 54.0 Å². The van der Waals surface area contributed by atoms with Crippen molar-refractivity contribution in [3.8, 4) is 46.0 Å². The van der Waals surface area contributed by atoms with Crippen LogP contribution in [-0.2, 0) is 29.8 Å². The fourth-order valence-corrected chi connectivity index (χ4v) is 7.60. The number of hydrogen-bond donors (Lipinski definition) is 6. The zero-order chi connectivity index (χ0) is 46.7. The lowest BCUT2D eigenvalue weighted by atomic mass is 10.1. The first-order chi connectivity index (χ1) is 30.3. The van der Waals surface area contributed by atoms with E-state index in [-0.39, 0.29) is 78.8 Å². The van der Waals surface area contributed by atoms with Gasteiger partial charge in [-0.25, -0.2) is 0 Å². The zero-order valence-electron chi connectivity index (χ0n) is 34.2. The molecule has 0 aliphatic rings. The summed E-state index contributed by atoms with van der Waals surface area (Å²) in [5, 5.41) is 42.8. The molecule has 0 unspecified atom stereocenters. The molecule has 6 rings (SSSR count). The van der Waals surface area contributed by atoms with Crippen LogP contribution in [0.3, 0.4) is 0 Å². The molecule has 0 radical (unpaired) electrons. The maximum absolute atomic E-state index is 13.0. The molecule has 6 N–H and O–H groups in total. The highest BCUT2D eigenvalue weighted by atomic mass is 32.2. The minimum Gasteiger partial charge on any atom is -0.505 e. The Hall–Kier alpha value is -7.80. The molecule has 0 heterocycles. The number of ether oxygens (including phenoxy) is 6. The molecule has 24 heteroatoms. The number of phenolic OH excluding ortho intramolecular Hbond substituents is 2. The molecule has 0 atom stereocenters. The summed E-state index contributed by atoms with van der Waals surface area (Å²) in [7, 11) is -1.85. The van der Waals surface area contributed by atoms with Gasteiger partial charge in [0.2, 0.25) is 11.5 Å².